The van der Waals surface area contributed by atoms with E-state index in [0.29, 0.717) is 37.7 Å². The van der Waals surface area contributed by atoms with Gasteiger partial charge in [-0.05, 0) is 48.7 Å². The van der Waals surface area contributed by atoms with Crippen LogP contribution in [0.3, 0.4) is 0 Å². The van der Waals surface area contributed by atoms with E-state index in [-0.39, 0.29) is 18.4 Å². The summed E-state index contributed by atoms with van der Waals surface area (Å²) in [6.07, 6.45) is -0.663. The van der Waals surface area contributed by atoms with Gasteiger partial charge in [0.05, 0.1) is 0 Å². The molecule has 2 atom stereocenters. The summed E-state index contributed by atoms with van der Waals surface area (Å²) in [5, 5.41) is 3.14. The van der Waals surface area contributed by atoms with Crippen molar-refractivity contribution in [3.63, 3.8) is 0 Å². The molecule has 1 saturated heterocycles. The Balaban J connectivity index is 1.27. The van der Waals surface area contributed by atoms with Crippen molar-refractivity contribution in [2.45, 2.75) is 26.0 Å². The molecule has 7 heteroatoms. The first-order valence-electron chi connectivity index (χ1n) is 12.3. The Labute approximate surface area is 211 Å². The molecule has 2 aliphatic rings. The summed E-state index contributed by atoms with van der Waals surface area (Å²) in [6.45, 7) is 6.39. The van der Waals surface area contributed by atoms with Gasteiger partial charge in [0.25, 0.3) is 5.91 Å². The van der Waals surface area contributed by atoms with Crippen LogP contribution in [0.4, 0.5) is 5.69 Å². The molecule has 2 heterocycles. The maximum Gasteiger partial charge on any atom is 0.267 e. The standard InChI is InChI=1S/C29H31N3O4/c1-20-12-13-21(2)23(18-20)30-28(33)27(22-8-4-3-5-9-22)31-14-16-32(17-15-31)29(34)26-19-35-24-10-6-7-11-25(24)36-26/h3-13,18,26-27H,14-17,19H2,1-2H3,(H,30,33)/t26-,27+/m0/s1. The van der Waals surface area contributed by atoms with Gasteiger partial charge in [-0.1, -0.05) is 54.6 Å². The molecule has 3 aromatic rings. The van der Waals surface area contributed by atoms with E-state index >= 15 is 0 Å². The molecule has 3 aromatic carbocycles. The maximum absolute atomic E-state index is 13.6. The fourth-order valence-electron chi connectivity index (χ4n) is 4.78. The van der Waals surface area contributed by atoms with Gasteiger partial charge in [0, 0.05) is 31.9 Å². The van der Waals surface area contributed by atoms with Crippen LogP contribution in [0.2, 0.25) is 0 Å². The molecule has 0 spiro atoms. The van der Waals surface area contributed by atoms with Crippen LogP contribution in [0.15, 0.2) is 72.8 Å². The number of nitrogens with one attached hydrogen (secondary N) is 1. The van der Waals surface area contributed by atoms with Crippen molar-refractivity contribution in [1.82, 2.24) is 9.80 Å². The van der Waals surface area contributed by atoms with Gasteiger partial charge in [-0.3, -0.25) is 14.5 Å². The Morgan fingerprint density at radius 2 is 1.58 bits per heavy atom. The molecule has 36 heavy (non-hydrogen) atoms. The number of carbonyl (C=O) groups excluding carboxylic acids is 2. The number of ether oxygens (including phenoxy) is 2. The monoisotopic (exact) mass is 485 g/mol. The van der Waals surface area contributed by atoms with Crippen LogP contribution in [0.25, 0.3) is 0 Å². The summed E-state index contributed by atoms with van der Waals surface area (Å²) in [5.41, 5.74) is 3.87. The topological polar surface area (TPSA) is 71.1 Å². The van der Waals surface area contributed by atoms with Crippen LogP contribution in [0, 0.1) is 13.8 Å². The lowest BCUT2D eigenvalue weighted by Crippen LogP contribution is -2.55. The van der Waals surface area contributed by atoms with Gasteiger partial charge in [0.15, 0.2) is 11.5 Å². The van der Waals surface area contributed by atoms with Crippen molar-refractivity contribution in [3.05, 3.63) is 89.5 Å². The Hall–Kier alpha value is -3.84. The first kappa shape index (κ1) is 23.9. The zero-order valence-electron chi connectivity index (χ0n) is 20.6. The predicted molar refractivity (Wildman–Crippen MR) is 138 cm³/mol. The number of fused-ring (bicyclic) bond motifs is 1. The lowest BCUT2D eigenvalue weighted by molar-refractivity contribution is -0.143. The molecule has 0 unspecified atom stereocenters. The molecule has 1 N–H and O–H groups in total. The molecule has 1 fully saturated rings. The number of hydrogen-bond donors (Lipinski definition) is 1. The minimum atomic E-state index is -0.663. The molecular weight excluding hydrogens is 454 g/mol. The normalized spacial score (nSPS) is 18.4. The van der Waals surface area contributed by atoms with Gasteiger partial charge >= 0.3 is 0 Å². The number of rotatable bonds is 5. The van der Waals surface area contributed by atoms with Gasteiger partial charge in [-0.15, -0.1) is 0 Å². The number of benzene rings is 3. The third-order valence-electron chi connectivity index (χ3n) is 6.79. The zero-order chi connectivity index (χ0) is 25.1. The number of nitrogens with zero attached hydrogens (tertiary/aromatic N) is 2. The Kier molecular flexibility index (Phi) is 6.91. The number of carbonyl (C=O) groups is 2. The van der Waals surface area contributed by atoms with Crippen LogP contribution in [-0.2, 0) is 9.59 Å². The van der Waals surface area contributed by atoms with Crippen molar-refractivity contribution in [2.24, 2.45) is 0 Å². The van der Waals surface area contributed by atoms with Gasteiger partial charge < -0.3 is 19.7 Å². The lowest BCUT2D eigenvalue weighted by Gasteiger charge is -2.40. The predicted octanol–water partition coefficient (Wildman–Crippen LogP) is 3.97. The van der Waals surface area contributed by atoms with E-state index in [2.05, 4.69) is 10.2 Å². The van der Waals surface area contributed by atoms with E-state index in [1.807, 2.05) is 91.5 Å². The van der Waals surface area contributed by atoms with Crippen LogP contribution >= 0.6 is 0 Å². The molecule has 5 rings (SSSR count). The number of piperazine rings is 1. The molecule has 2 aliphatic heterocycles. The molecule has 2 amide bonds. The molecule has 186 valence electrons. The van der Waals surface area contributed by atoms with E-state index in [1.165, 1.54) is 0 Å². The average molecular weight is 486 g/mol. The van der Waals surface area contributed by atoms with E-state index in [1.54, 1.807) is 0 Å². The highest BCUT2D eigenvalue weighted by Gasteiger charge is 2.36. The quantitative estimate of drug-likeness (QED) is 0.592. The second-order valence-electron chi connectivity index (χ2n) is 9.35. The zero-order valence-corrected chi connectivity index (χ0v) is 20.6. The van der Waals surface area contributed by atoms with Crippen LogP contribution in [0.5, 0.6) is 11.5 Å². The summed E-state index contributed by atoms with van der Waals surface area (Å²) in [4.78, 5) is 30.7. The van der Waals surface area contributed by atoms with Gasteiger partial charge in [-0.25, -0.2) is 0 Å². The second-order valence-corrected chi connectivity index (χ2v) is 9.35. The van der Waals surface area contributed by atoms with Crippen LogP contribution in [0.1, 0.15) is 22.7 Å². The largest absolute Gasteiger partial charge is 0.485 e. The third kappa shape index (κ3) is 5.06. The first-order valence-corrected chi connectivity index (χ1v) is 12.3. The Morgan fingerprint density at radius 3 is 2.33 bits per heavy atom. The minimum absolute atomic E-state index is 0.0738. The average Bonchev–Trinajstić information content (AvgIpc) is 2.91. The van der Waals surface area contributed by atoms with Crippen molar-refractivity contribution in [1.29, 1.82) is 0 Å². The smallest absolute Gasteiger partial charge is 0.267 e. The Morgan fingerprint density at radius 1 is 0.889 bits per heavy atom. The van der Waals surface area contributed by atoms with Crippen molar-refractivity contribution in [2.75, 3.05) is 38.1 Å². The van der Waals surface area contributed by atoms with Crippen LogP contribution in [-0.4, -0.2) is 60.5 Å². The summed E-state index contributed by atoms with van der Waals surface area (Å²) in [5.74, 6) is 1.09. The fraction of sp³-hybridized carbons (Fsp3) is 0.310. The van der Waals surface area contributed by atoms with Gasteiger partial charge in [0.1, 0.15) is 12.6 Å². The lowest BCUT2D eigenvalue weighted by atomic mass is 10.0. The molecule has 0 saturated carbocycles. The Bertz CT molecular complexity index is 1240. The van der Waals surface area contributed by atoms with Crippen molar-refractivity contribution < 1.29 is 19.1 Å². The minimum Gasteiger partial charge on any atom is -0.485 e. The van der Waals surface area contributed by atoms with Gasteiger partial charge in [-0.2, -0.15) is 0 Å². The SMILES string of the molecule is Cc1ccc(C)c(NC(=O)[C@@H](c2ccccc2)N2CCN(C(=O)[C@@H]3COc4ccccc4O3)CC2)c1. The van der Waals surface area contributed by atoms with Crippen LogP contribution < -0.4 is 14.8 Å². The molecule has 0 aliphatic carbocycles. The highest BCUT2D eigenvalue weighted by atomic mass is 16.6. The highest BCUT2D eigenvalue weighted by Crippen LogP contribution is 2.32. The highest BCUT2D eigenvalue weighted by molar-refractivity contribution is 5.96. The third-order valence-corrected chi connectivity index (χ3v) is 6.79. The summed E-state index contributed by atoms with van der Waals surface area (Å²) >= 11 is 0. The number of hydrogen-bond acceptors (Lipinski definition) is 5. The maximum atomic E-state index is 13.6. The van der Waals surface area contributed by atoms with E-state index in [0.717, 1.165) is 22.4 Å². The van der Waals surface area contributed by atoms with E-state index in [9.17, 15) is 9.59 Å². The molecule has 0 aromatic heterocycles. The number of para-hydroxylation sites is 2. The van der Waals surface area contributed by atoms with Crippen molar-refractivity contribution >= 4 is 17.5 Å². The molecule has 0 bridgehead atoms. The van der Waals surface area contributed by atoms with Crippen molar-refractivity contribution in [3.8, 4) is 11.5 Å². The number of anilines is 1. The first-order chi connectivity index (χ1) is 17.5. The molecule has 0 radical (unpaired) electrons. The fourth-order valence-corrected chi connectivity index (χ4v) is 4.78. The summed E-state index contributed by atoms with van der Waals surface area (Å²) < 4.78 is 11.7. The second kappa shape index (κ2) is 10.4. The summed E-state index contributed by atoms with van der Waals surface area (Å²) in [6, 6.07) is 22.8. The van der Waals surface area contributed by atoms with Gasteiger partial charge in [0.2, 0.25) is 12.0 Å². The summed E-state index contributed by atoms with van der Waals surface area (Å²) in [7, 11) is 0. The number of amides is 2. The number of aryl methyl sites for hydroxylation is 2. The van der Waals surface area contributed by atoms with E-state index in [4.69, 9.17) is 9.47 Å². The molecule has 7 nitrogen and oxygen atoms in total. The molecular formula is C29H31N3O4. The van der Waals surface area contributed by atoms with E-state index < -0.39 is 12.1 Å².